The Labute approximate surface area is 150 Å². The van der Waals surface area contributed by atoms with E-state index < -0.39 is 0 Å². The first-order valence-electron chi connectivity index (χ1n) is 9.10. The van der Waals surface area contributed by atoms with Gasteiger partial charge in [0.2, 0.25) is 0 Å². The van der Waals surface area contributed by atoms with Crippen LogP contribution in [0.2, 0.25) is 5.02 Å². The summed E-state index contributed by atoms with van der Waals surface area (Å²) in [6, 6.07) is 8.01. The monoisotopic (exact) mass is 349 g/mol. The minimum Gasteiger partial charge on any atom is -0.353 e. The van der Waals surface area contributed by atoms with Gasteiger partial charge in [0.1, 0.15) is 0 Å². The van der Waals surface area contributed by atoms with E-state index in [1.165, 1.54) is 12.0 Å². The van der Waals surface area contributed by atoms with Crippen LogP contribution in [0, 0.1) is 11.3 Å². The van der Waals surface area contributed by atoms with Gasteiger partial charge in [0, 0.05) is 22.8 Å². The smallest absolute Gasteiger partial charge is 0.157 e. The molecule has 0 amide bonds. The Balaban J connectivity index is 1.71. The Morgan fingerprint density at radius 2 is 2.00 bits per heavy atom. The maximum absolute atomic E-state index is 8.71. The summed E-state index contributed by atoms with van der Waals surface area (Å²) in [6.07, 6.45) is 6.03. The van der Waals surface area contributed by atoms with E-state index in [0.717, 1.165) is 49.4 Å². The molecule has 1 unspecified atom stereocenters. The Kier molecular flexibility index (Phi) is 5.63. The lowest BCUT2D eigenvalue weighted by molar-refractivity contribution is -0.208. The third kappa shape index (κ3) is 3.84. The minimum atomic E-state index is -0.186. The van der Waals surface area contributed by atoms with Crippen LogP contribution in [0.15, 0.2) is 24.3 Å². The molecule has 2 aliphatic rings. The number of hydrogen-bond donors (Lipinski definition) is 1. The summed E-state index contributed by atoms with van der Waals surface area (Å²) in [5.41, 5.74) is 1.83. The molecule has 1 saturated carbocycles. The standard InChI is InChI=1S/C20H28ClNO2/c1-14(2)11-18(22)20(15-6-8-16(21)9-7-15)12-17(13-20)24-19-5-3-4-10-23-19/h6-9,14,17,19,22H,3-5,10-13H2,1-2H3. The van der Waals surface area contributed by atoms with Gasteiger partial charge in [-0.2, -0.15) is 0 Å². The van der Waals surface area contributed by atoms with Gasteiger partial charge in [0.15, 0.2) is 6.29 Å². The van der Waals surface area contributed by atoms with Crippen LogP contribution in [0.4, 0.5) is 0 Å². The van der Waals surface area contributed by atoms with Crippen molar-refractivity contribution in [2.75, 3.05) is 6.61 Å². The fraction of sp³-hybridized carbons (Fsp3) is 0.650. The Morgan fingerprint density at radius 1 is 1.29 bits per heavy atom. The van der Waals surface area contributed by atoms with Crippen molar-refractivity contribution in [2.24, 2.45) is 5.92 Å². The Morgan fingerprint density at radius 3 is 2.58 bits per heavy atom. The van der Waals surface area contributed by atoms with Gasteiger partial charge in [0.05, 0.1) is 6.10 Å². The fourth-order valence-electron chi connectivity index (χ4n) is 3.88. The van der Waals surface area contributed by atoms with Crippen molar-refractivity contribution in [3.8, 4) is 0 Å². The minimum absolute atomic E-state index is 0.0498. The van der Waals surface area contributed by atoms with E-state index in [1.54, 1.807) is 0 Å². The molecule has 132 valence electrons. The summed E-state index contributed by atoms with van der Waals surface area (Å²) < 4.78 is 11.8. The number of rotatable bonds is 6. The highest BCUT2D eigenvalue weighted by molar-refractivity contribution is 6.30. The van der Waals surface area contributed by atoms with Crippen molar-refractivity contribution < 1.29 is 9.47 Å². The molecule has 0 spiro atoms. The first-order chi connectivity index (χ1) is 11.5. The van der Waals surface area contributed by atoms with Crippen molar-refractivity contribution in [3.63, 3.8) is 0 Å². The number of halogens is 1. The number of hydrogen-bond acceptors (Lipinski definition) is 3. The molecule has 1 aliphatic carbocycles. The molecule has 3 rings (SSSR count). The van der Waals surface area contributed by atoms with Crippen molar-refractivity contribution in [3.05, 3.63) is 34.9 Å². The highest BCUT2D eigenvalue weighted by Gasteiger charge is 2.50. The topological polar surface area (TPSA) is 42.3 Å². The lowest BCUT2D eigenvalue weighted by Crippen LogP contribution is -2.52. The Bertz CT molecular complexity index is 558. The quantitative estimate of drug-likeness (QED) is 0.703. The molecule has 24 heavy (non-hydrogen) atoms. The Hall–Kier alpha value is -0.900. The highest BCUT2D eigenvalue weighted by Crippen LogP contribution is 2.48. The molecule has 1 N–H and O–H groups in total. The van der Waals surface area contributed by atoms with Gasteiger partial charge in [0.25, 0.3) is 0 Å². The third-order valence-electron chi connectivity index (χ3n) is 5.22. The highest BCUT2D eigenvalue weighted by atomic mass is 35.5. The predicted octanol–water partition coefficient (Wildman–Crippen LogP) is 5.35. The average molecular weight is 350 g/mol. The van der Waals surface area contributed by atoms with E-state index in [-0.39, 0.29) is 17.8 Å². The first-order valence-corrected chi connectivity index (χ1v) is 9.48. The zero-order valence-corrected chi connectivity index (χ0v) is 15.4. The summed E-state index contributed by atoms with van der Waals surface area (Å²) in [4.78, 5) is 0. The second-order valence-corrected chi connectivity index (χ2v) is 8.06. The zero-order valence-electron chi connectivity index (χ0n) is 14.7. The van der Waals surface area contributed by atoms with Crippen LogP contribution in [-0.4, -0.2) is 24.7 Å². The van der Waals surface area contributed by atoms with E-state index in [1.807, 2.05) is 12.1 Å². The fourth-order valence-corrected chi connectivity index (χ4v) is 4.00. The molecule has 2 fully saturated rings. The van der Waals surface area contributed by atoms with Crippen LogP contribution >= 0.6 is 11.6 Å². The lowest BCUT2D eigenvalue weighted by atomic mass is 9.59. The van der Waals surface area contributed by atoms with Crippen LogP contribution in [0.1, 0.15) is 57.9 Å². The van der Waals surface area contributed by atoms with Crippen LogP contribution < -0.4 is 0 Å². The molecule has 1 aromatic carbocycles. The van der Waals surface area contributed by atoms with E-state index in [4.69, 9.17) is 26.5 Å². The normalized spacial score (nSPS) is 30.2. The molecule has 3 nitrogen and oxygen atoms in total. The van der Waals surface area contributed by atoms with Gasteiger partial charge in [-0.25, -0.2) is 0 Å². The molecule has 1 saturated heterocycles. The van der Waals surface area contributed by atoms with Crippen molar-refractivity contribution >= 4 is 17.3 Å². The number of ether oxygens (including phenoxy) is 2. The molecular formula is C20H28ClNO2. The second-order valence-electron chi connectivity index (χ2n) is 7.63. The van der Waals surface area contributed by atoms with Crippen molar-refractivity contribution in [1.82, 2.24) is 0 Å². The average Bonchev–Trinajstić information content (AvgIpc) is 2.52. The van der Waals surface area contributed by atoms with Crippen LogP contribution in [0.5, 0.6) is 0 Å². The number of benzene rings is 1. The second kappa shape index (κ2) is 7.55. The summed E-state index contributed by atoms with van der Waals surface area (Å²) >= 11 is 6.05. The summed E-state index contributed by atoms with van der Waals surface area (Å²) in [7, 11) is 0. The predicted molar refractivity (Wildman–Crippen MR) is 98.0 cm³/mol. The van der Waals surface area contributed by atoms with Gasteiger partial charge >= 0.3 is 0 Å². The summed E-state index contributed by atoms with van der Waals surface area (Å²) in [5.74, 6) is 0.489. The molecule has 0 bridgehead atoms. The SMILES string of the molecule is CC(C)CC(=N)C1(c2ccc(Cl)cc2)CC(OC2CCCCO2)C1. The van der Waals surface area contributed by atoms with Gasteiger partial charge in [-0.15, -0.1) is 0 Å². The van der Waals surface area contributed by atoms with Crippen LogP contribution in [0.3, 0.4) is 0 Å². The summed E-state index contributed by atoms with van der Waals surface area (Å²) in [5, 5.41) is 9.45. The molecule has 1 aliphatic heterocycles. The molecule has 1 atom stereocenters. The maximum Gasteiger partial charge on any atom is 0.157 e. The first kappa shape index (κ1) is 17.9. The van der Waals surface area contributed by atoms with Crippen LogP contribution in [0.25, 0.3) is 0 Å². The van der Waals surface area contributed by atoms with Crippen molar-refractivity contribution in [1.29, 1.82) is 5.41 Å². The summed E-state index contributed by atoms with van der Waals surface area (Å²) in [6.45, 7) is 5.15. The molecular weight excluding hydrogens is 322 g/mol. The van der Waals surface area contributed by atoms with Gasteiger partial charge < -0.3 is 14.9 Å². The zero-order chi connectivity index (χ0) is 17.2. The lowest BCUT2D eigenvalue weighted by Gasteiger charge is -2.49. The van der Waals surface area contributed by atoms with E-state index in [2.05, 4.69) is 26.0 Å². The molecule has 1 aromatic rings. The van der Waals surface area contributed by atoms with Gasteiger partial charge in [-0.05, 0) is 62.1 Å². The molecule has 1 heterocycles. The third-order valence-corrected chi connectivity index (χ3v) is 5.47. The van der Waals surface area contributed by atoms with E-state index in [9.17, 15) is 0 Å². The van der Waals surface area contributed by atoms with Crippen molar-refractivity contribution in [2.45, 2.75) is 70.2 Å². The maximum atomic E-state index is 8.71. The van der Waals surface area contributed by atoms with Gasteiger partial charge in [-0.3, -0.25) is 0 Å². The van der Waals surface area contributed by atoms with E-state index >= 15 is 0 Å². The molecule has 4 heteroatoms. The molecule has 0 aromatic heterocycles. The van der Waals surface area contributed by atoms with Crippen LogP contribution in [-0.2, 0) is 14.9 Å². The number of nitrogens with one attached hydrogen (secondary N) is 1. The largest absolute Gasteiger partial charge is 0.353 e. The van der Waals surface area contributed by atoms with E-state index in [0.29, 0.717) is 5.92 Å². The van der Waals surface area contributed by atoms with Gasteiger partial charge in [-0.1, -0.05) is 37.6 Å². The molecule has 0 radical (unpaired) electrons.